The van der Waals surface area contributed by atoms with Crippen molar-refractivity contribution in [3.05, 3.63) is 82.0 Å². The Morgan fingerprint density at radius 3 is 2.59 bits per heavy atom. The molecular weight excluding hydrogens is 429 g/mol. The van der Waals surface area contributed by atoms with Gasteiger partial charge in [0.15, 0.2) is 5.17 Å². The molecule has 0 spiro atoms. The maximum Gasteiger partial charge on any atom is 0.239 e. The van der Waals surface area contributed by atoms with Crippen LogP contribution in [-0.4, -0.2) is 22.5 Å². The number of rotatable bonds is 5. The van der Waals surface area contributed by atoms with E-state index >= 15 is 0 Å². The van der Waals surface area contributed by atoms with Crippen LogP contribution in [0.4, 0.5) is 0 Å². The van der Waals surface area contributed by atoms with Gasteiger partial charge in [-0.25, -0.2) is 0 Å². The maximum absolute atomic E-state index is 12.2. The van der Waals surface area contributed by atoms with Gasteiger partial charge in [-0.3, -0.25) is 4.79 Å². The highest BCUT2D eigenvalue weighted by molar-refractivity contribution is 8.15. The number of nitrogens with zero attached hydrogens (tertiary/aromatic N) is 2. The van der Waals surface area contributed by atoms with Crippen LogP contribution in [0.2, 0.25) is 10.0 Å². The minimum absolute atomic E-state index is 0.108. The van der Waals surface area contributed by atoms with Gasteiger partial charge in [0.1, 0.15) is 11.5 Å². The molecule has 1 aromatic heterocycles. The number of amides is 1. The molecule has 1 atom stereocenters. The lowest BCUT2D eigenvalue weighted by Gasteiger charge is -2.06. The van der Waals surface area contributed by atoms with Gasteiger partial charge in [0.05, 0.1) is 16.5 Å². The van der Waals surface area contributed by atoms with Gasteiger partial charge in [0.2, 0.25) is 5.91 Å². The van der Waals surface area contributed by atoms with Gasteiger partial charge < -0.3 is 9.73 Å². The van der Waals surface area contributed by atoms with Gasteiger partial charge in [-0.15, -0.1) is 5.10 Å². The third kappa shape index (κ3) is 4.72. The number of halogens is 2. The molecule has 0 bridgehead atoms. The van der Waals surface area contributed by atoms with Crippen LogP contribution in [0.5, 0.6) is 0 Å². The summed E-state index contributed by atoms with van der Waals surface area (Å²) in [5.41, 5.74) is 1.73. The van der Waals surface area contributed by atoms with Gasteiger partial charge >= 0.3 is 0 Å². The number of nitrogens with one attached hydrogen (secondary N) is 1. The molecule has 0 aliphatic carbocycles. The third-order valence-electron chi connectivity index (χ3n) is 4.24. The highest BCUT2D eigenvalue weighted by atomic mass is 35.5. The first-order valence-electron chi connectivity index (χ1n) is 8.77. The second kappa shape index (κ2) is 8.86. The largest absolute Gasteiger partial charge is 0.455 e. The lowest BCUT2D eigenvalue weighted by Crippen LogP contribution is -2.26. The minimum atomic E-state index is -0.292. The Morgan fingerprint density at radius 2 is 1.79 bits per heavy atom. The van der Waals surface area contributed by atoms with E-state index in [1.54, 1.807) is 12.1 Å². The number of carbonyl (C=O) groups is 1. The fourth-order valence-electron chi connectivity index (χ4n) is 2.82. The van der Waals surface area contributed by atoms with Gasteiger partial charge in [-0.2, -0.15) is 5.10 Å². The Hall–Kier alpha value is -2.54. The fourth-order valence-corrected chi connectivity index (χ4v) is 4.21. The molecule has 29 heavy (non-hydrogen) atoms. The van der Waals surface area contributed by atoms with Gasteiger partial charge in [-0.05, 0) is 42.3 Å². The first kappa shape index (κ1) is 19.8. The molecule has 1 unspecified atom stereocenters. The minimum Gasteiger partial charge on any atom is -0.455 e. The number of thioether (sulfide) groups is 1. The Bertz CT molecular complexity index is 1110. The summed E-state index contributed by atoms with van der Waals surface area (Å²) in [5, 5.41) is 12.3. The molecule has 1 fully saturated rings. The van der Waals surface area contributed by atoms with E-state index in [-0.39, 0.29) is 11.2 Å². The van der Waals surface area contributed by atoms with Crippen LogP contribution >= 0.6 is 35.0 Å². The summed E-state index contributed by atoms with van der Waals surface area (Å²) in [6.45, 7) is 0. The predicted octanol–water partition coefficient (Wildman–Crippen LogP) is 5.42. The van der Waals surface area contributed by atoms with E-state index in [2.05, 4.69) is 15.5 Å². The van der Waals surface area contributed by atoms with Crippen LogP contribution in [-0.2, 0) is 11.2 Å². The zero-order valence-corrected chi connectivity index (χ0v) is 17.3. The van der Waals surface area contributed by atoms with Gasteiger partial charge in [-0.1, -0.05) is 65.3 Å². The Morgan fingerprint density at radius 1 is 1.03 bits per heavy atom. The van der Waals surface area contributed by atoms with Gasteiger partial charge in [0.25, 0.3) is 0 Å². The number of benzene rings is 2. The molecule has 1 saturated heterocycles. The average molecular weight is 444 g/mol. The molecule has 1 amide bonds. The normalized spacial score (nSPS) is 17.9. The number of furan rings is 1. The van der Waals surface area contributed by atoms with E-state index < -0.39 is 0 Å². The first-order valence-corrected chi connectivity index (χ1v) is 10.4. The van der Waals surface area contributed by atoms with E-state index in [1.807, 2.05) is 48.5 Å². The van der Waals surface area contributed by atoms with Crippen molar-refractivity contribution in [2.45, 2.75) is 11.7 Å². The molecule has 1 aliphatic heterocycles. The quantitative estimate of drug-likeness (QED) is 0.422. The molecule has 146 valence electrons. The SMILES string of the molecule is O=C1N/C(=N\N=C\c2ccc(-c3ccccc3Cl)o2)SC1Cc1ccccc1Cl. The summed E-state index contributed by atoms with van der Waals surface area (Å²) in [7, 11) is 0. The standard InChI is InChI=1S/C21H15Cl2N3O2S/c22-16-7-3-1-5-13(16)11-19-20(27)25-21(29-19)26-24-12-14-9-10-18(28-14)15-6-2-4-8-17(15)23/h1-10,12,19H,11H2,(H,25,26,27)/b24-12+. The van der Waals surface area contributed by atoms with Crippen molar-refractivity contribution in [2.75, 3.05) is 0 Å². The van der Waals surface area contributed by atoms with Crippen molar-refractivity contribution in [3.63, 3.8) is 0 Å². The predicted molar refractivity (Wildman–Crippen MR) is 119 cm³/mol. The third-order valence-corrected chi connectivity index (χ3v) is 6.01. The summed E-state index contributed by atoms with van der Waals surface area (Å²) >= 11 is 13.7. The molecule has 2 heterocycles. The molecule has 3 aromatic rings. The molecule has 0 radical (unpaired) electrons. The lowest BCUT2D eigenvalue weighted by molar-refractivity contribution is -0.118. The average Bonchev–Trinajstić information content (AvgIpc) is 3.31. The summed E-state index contributed by atoms with van der Waals surface area (Å²) in [6.07, 6.45) is 2.01. The smallest absolute Gasteiger partial charge is 0.239 e. The fraction of sp³-hybridized carbons (Fsp3) is 0.0952. The molecule has 2 aromatic carbocycles. The van der Waals surface area contributed by atoms with E-state index in [9.17, 15) is 4.79 Å². The van der Waals surface area contributed by atoms with Crippen molar-refractivity contribution >= 4 is 52.3 Å². The highest BCUT2D eigenvalue weighted by Crippen LogP contribution is 2.29. The summed E-state index contributed by atoms with van der Waals surface area (Å²) in [5.74, 6) is 1.07. The number of hydrogen-bond donors (Lipinski definition) is 1. The van der Waals surface area contributed by atoms with Crippen molar-refractivity contribution in [1.82, 2.24) is 5.32 Å². The van der Waals surface area contributed by atoms with Crippen molar-refractivity contribution in [1.29, 1.82) is 0 Å². The van der Waals surface area contributed by atoms with Crippen molar-refractivity contribution in [2.24, 2.45) is 10.2 Å². The maximum atomic E-state index is 12.2. The van der Waals surface area contributed by atoms with Crippen LogP contribution in [0.25, 0.3) is 11.3 Å². The Balaban J connectivity index is 1.41. The second-order valence-electron chi connectivity index (χ2n) is 6.22. The highest BCUT2D eigenvalue weighted by Gasteiger charge is 2.30. The van der Waals surface area contributed by atoms with Crippen LogP contribution in [0.1, 0.15) is 11.3 Å². The summed E-state index contributed by atoms with van der Waals surface area (Å²) in [6, 6.07) is 18.5. The number of carbonyl (C=O) groups excluding carboxylic acids is 1. The number of amidine groups is 1. The number of hydrogen-bond acceptors (Lipinski definition) is 5. The first-order chi connectivity index (χ1) is 14.1. The van der Waals surface area contributed by atoms with Crippen molar-refractivity contribution < 1.29 is 9.21 Å². The molecule has 4 rings (SSSR count). The van der Waals surface area contributed by atoms with Crippen LogP contribution in [0, 0.1) is 0 Å². The van der Waals surface area contributed by atoms with Crippen LogP contribution in [0.3, 0.4) is 0 Å². The van der Waals surface area contributed by atoms with Crippen LogP contribution in [0.15, 0.2) is 75.3 Å². The molecule has 1 N–H and O–H groups in total. The van der Waals surface area contributed by atoms with Crippen molar-refractivity contribution in [3.8, 4) is 11.3 Å². The topological polar surface area (TPSA) is 67.0 Å². The second-order valence-corrected chi connectivity index (χ2v) is 8.23. The molecule has 8 heteroatoms. The van der Waals surface area contributed by atoms with E-state index in [1.165, 1.54) is 18.0 Å². The lowest BCUT2D eigenvalue weighted by atomic mass is 10.1. The molecule has 0 saturated carbocycles. The Kier molecular flexibility index (Phi) is 6.04. The van der Waals surface area contributed by atoms with Crippen LogP contribution < -0.4 is 5.32 Å². The summed E-state index contributed by atoms with van der Waals surface area (Å²) in [4.78, 5) is 12.2. The van der Waals surface area contributed by atoms with E-state index in [0.29, 0.717) is 33.2 Å². The monoisotopic (exact) mass is 443 g/mol. The molecular formula is C21H15Cl2N3O2S. The van der Waals surface area contributed by atoms with Gasteiger partial charge in [0, 0.05) is 10.6 Å². The summed E-state index contributed by atoms with van der Waals surface area (Å²) < 4.78 is 5.74. The molecule has 1 aliphatic rings. The Labute approximate surface area is 181 Å². The zero-order valence-electron chi connectivity index (χ0n) is 15.0. The van der Waals surface area contributed by atoms with E-state index in [4.69, 9.17) is 27.6 Å². The van der Waals surface area contributed by atoms with E-state index in [0.717, 1.165) is 11.1 Å². The molecule has 5 nitrogen and oxygen atoms in total. The zero-order chi connectivity index (χ0) is 20.2.